The van der Waals surface area contributed by atoms with Crippen LogP contribution in [-0.2, 0) is 0 Å². The maximum Gasteiger partial charge on any atom is 0.357 e. The van der Waals surface area contributed by atoms with Gasteiger partial charge in [0, 0.05) is 8.96 Å². The number of carboxylic acids is 1. The first-order valence-corrected chi connectivity index (χ1v) is 6.72. The van der Waals surface area contributed by atoms with Gasteiger partial charge in [-0.3, -0.25) is 0 Å². The lowest BCUT2D eigenvalue weighted by molar-refractivity contribution is 0.0692. The van der Waals surface area contributed by atoms with Crippen LogP contribution in [0, 0.1) is 3.57 Å². The van der Waals surface area contributed by atoms with Crippen molar-refractivity contribution in [2.45, 2.75) is 0 Å². The smallest absolute Gasteiger partial charge is 0.357 e. The third kappa shape index (κ3) is 2.10. The van der Waals surface area contributed by atoms with Crippen molar-refractivity contribution in [1.82, 2.24) is 9.78 Å². The molecule has 3 rings (SSSR count). The van der Waals surface area contributed by atoms with Gasteiger partial charge in [-0.2, -0.15) is 5.10 Å². The fourth-order valence-corrected chi connectivity index (χ4v) is 2.51. The molecule has 0 aliphatic carbocycles. The van der Waals surface area contributed by atoms with Crippen molar-refractivity contribution in [1.29, 1.82) is 0 Å². The highest BCUT2D eigenvalue weighted by Crippen LogP contribution is 2.24. The maximum atomic E-state index is 11.3. The van der Waals surface area contributed by atoms with Gasteiger partial charge in [-0.1, -0.05) is 18.2 Å². The van der Waals surface area contributed by atoms with Gasteiger partial charge >= 0.3 is 5.97 Å². The van der Waals surface area contributed by atoms with Crippen LogP contribution < -0.4 is 0 Å². The third-order valence-corrected chi connectivity index (χ3v) is 3.52. The van der Waals surface area contributed by atoms with Gasteiger partial charge in [-0.15, -0.1) is 0 Å². The second-order valence-electron chi connectivity index (χ2n) is 4.06. The highest BCUT2D eigenvalue weighted by molar-refractivity contribution is 14.1. The summed E-state index contributed by atoms with van der Waals surface area (Å²) in [6.07, 6.45) is 0. The van der Waals surface area contributed by atoms with Crippen molar-refractivity contribution in [2.75, 3.05) is 0 Å². The molecule has 1 heterocycles. The van der Waals surface area contributed by atoms with E-state index in [4.69, 9.17) is 0 Å². The monoisotopic (exact) mass is 364 g/mol. The van der Waals surface area contributed by atoms with E-state index in [0.717, 1.165) is 14.8 Å². The van der Waals surface area contributed by atoms with Gasteiger partial charge in [-0.25, -0.2) is 9.48 Å². The van der Waals surface area contributed by atoms with E-state index in [1.807, 2.05) is 48.5 Å². The molecular formula is C14H9IN2O2. The lowest BCUT2D eigenvalue weighted by atomic mass is 10.2. The number of hydrogen-bond acceptors (Lipinski definition) is 2. The molecule has 3 aromatic rings. The first-order chi connectivity index (χ1) is 9.16. The SMILES string of the molecule is O=C(O)c1nn(-c2ccccc2)c2ccc(I)cc12. The Labute approximate surface area is 122 Å². The Morgan fingerprint density at radius 2 is 1.89 bits per heavy atom. The van der Waals surface area contributed by atoms with Crippen LogP contribution in [-0.4, -0.2) is 20.9 Å². The van der Waals surface area contributed by atoms with Gasteiger partial charge in [0.05, 0.1) is 11.2 Å². The minimum absolute atomic E-state index is 0.0809. The quantitative estimate of drug-likeness (QED) is 0.710. The number of benzene rings is 2. The molecule has 0 spiro atoms. The van der Waals surface area contributed by atoms with Crippen molar-refractivity contribution in [3.8, 4) is 5.69 Å². The number of fused-ring (bicyclic) bond motifs is 1. The number of aromatic nitrogens is 2. The molecule has 0 aliphatic heterocycles. The van der Waals surface area contributed by atoms with Gasteiger partial charge in [0.2, 0.25) is 0 Å². The van der Waals surface area contributed by atoms with Crippen molar-refractivity contribution in [3.05, 3.63) is 57.8 Å². The van der Waals surface area contributed by atoms with Gasteiger partial charge in [-0.05, 0) is 52.9 Å². The maximum absolute atomic E-state index is 11.3. The number of halogens is 1. The summed E-state index contributed by atoms with van der Waals surface area (Å²) in [7, 11) is 0. The van der Waals surface area contributed by atoms with Crippen LogP contribution in [0.3, 0.4) is 0 Å². The second-order valence-corrected chi connectivity index (χ2v) is 5.31. The molecule has 1 aromatic heterocycles. The van der Waals surface area contributed by atoms with Crippen molar-refractivity contribution in [2.24, 2.45) is 0 Å². The standard InChI is InChI=1S/C14H9IN2O2/c15-9-6-7-12-11(8-9)13(14(18)19)16-17(12)10-4-2-1-3-5-10/h1-8H,(H,18,19). The van der Waals surface area contributed by atoms with Crippen molar-refractivity contribution < 1.29 is 9.90 Å². The summed E-state index contributed by atoms with van der Waals surface area (Å²) < 4.78 is 2.65. The number of nitrogens with zero attached hydrogens (tertiary/aromatic N) is 2. The molecule has 0 radical (unpaired) electrons. The fraction of sp³-hybridized carbons (Fsp3) is 0. The van der Waals surface area contributed by atoms with Gasteiger partial charge in [0.15, 0.2) is 5.69 Å². The average molecular weight is 364 g/mol. The largest absolute Gasteiger partial charge is 0.476 e. The normalized spacial score (nSPS) is 10.8. The molecule has 0 unspecified atom stereocenters. The summed E-state index contributed by atoms with van der Waals surface area (Å²) in [4.78, 5) is 11.3. The number of hydrogen-bond donors (Lipinski definition) is 1. The first-order valence-electron chi connectivity index (χ1n) is 5.64. The fourth-order valence-electron chi connectivity index (χ4n) is 2.01. The molecule has 19 heavy (non-hydrogen) atoms. The van der Waals surface area contributed by atoms with Crippen molar-refractivity contribution >= 4 is 39.5 Å². The Morgan fingerprint density at radius 3 is 2.58 bits per heavy atom. The summed E-state index contributed by atoms with van der Waals surface area (Å²) in [6.45, 7) is 0. The molecule has 4 nitrogen and oxygen atoms in total. The zero-order valence-corrected chi connectivity index (χ0v) is 11.9. The average Bonchev–Trinajstić information content (AvgIpc) is 2.78. The Balaban J connectivity index is 2.35. The van der Waals surface area contributed by atoms with Crippen LogP contribution in [0.15, 0.2) is 48.5 Å². The molecule has 0 bridgehead atoms. The minimum atomic E-state index is -1.01. The van der Waals surface area contributed by atoms with E-state index < -0.39 is 5.97 Å². The Hall–Kier alpha value is -1.89. The Bertz CT molecular complexity index is 766. The first kappa shape index (κ1) is 12.2. The van der Waals surface area contributed by atoms with E-state index in [-0.39, 0.29) is 5.69 Å². The molecule has 0 aliphatic rings. The predicted octanol–water partition coefficient (Wildman–Crippen LogP) is 3.33. The lowest BCUT2D eigenvalue weighted by Gasteiger charge is -2.02. The van der Waals surface area contributed by atoms with Gasteiger partial charge < -0.3 is 5.11 Å². The molecule has 0 fully saturated rings. The molecule has 5 heteroatoms. The number of aromatic carboxylic acids is 1. The van der Waals surface area contributed by atoms with E-state index >= 15 is 0 Å². The predicted molar refractivity (Wildman–Crippen MR) is 80.7 cm³/mol. The molecule has 0 saturated carbocycles. The van der Waals surface area contributed by atoms with Crippen LogP contribution in [0.4, 0.5) is 0 Å². The summed E-state index contributed by atoms with van der Waals surface area (Å²) in [5.41, 5.74) is 1.72. The van der Waals surface area contributed by atoms with Crippen LogP contribution in [0.1, 0.15) is 10.5 Å². The lowest BCUT2D eigenvalue weighted by Crippen LogP contribution is -2.01. The van der Waals surface area contributed by atoms with E-state index in [9.17, 15) is 9.90 Å². The highest BCUT2D eigenvalue weighted by atomic mass is 127. The van der Waals surface area contributed by atoms with E-state index in [0.29, 0.717) is 5.39 Å². The molecule has 2 aromatic carbocycles. The van der Waals surface area contributed by atoms with Crippen LogP contribution >= 0.6 is 22.6 Å². The summed E-state index contributed by atoms with van der Waals surface area (Å²) >= 11 is 2.16. The molecule has 1 N–H and O–H groups in total. The topological polar surface area (TPSA) is 55.1 Å². The van der Waals surface area contributed by atoms with Crippen LogP contribution in [0.5, 0.6) is 0 Å². The molecule has 0 saturated heterocycles. The van der Waals surface area contributed by atoms with Crippen LogP contribution in [0.2, 0.25) is 0 Å². The zero-order valence-electron chi connectivity index (χ0n) is 9.75. The Morgan fingerprint density at radius 1 is 1.16 bits per heavy atom. The van der Waals surface area contributed by atoms with Gasteiger partial charge in [0.1, 0.15) is 0 Å². The second kappa shape index (κ2) is 4.65. The van der Waals surface area contributed by atoms with E-state index in [1.54, 1.807) is 4.68 Å². The molecule has 94 valence electrons. The summed E-state index contributed by atoms with van der Waals surface area (Å²) in [6, 6.07) is 15.2. The zero-order chi connectivity index (χ0) is 13.4. The summed E-state index contributed by atoms with van der Waals surface area (Å²) in [5, 5.41) is 14.1. The van der Waals surface area contributed by atoms with Gasteiger partial charge in [0.25, 0.3) is 0 Å². The van der Waals surface area contributed by atoms with E-state index in [1.165, 1.54) is 0 Å². The number of carboxylic acid groups (broad SMARTS) is 1. The van der Waals surface area contributed by atoms with E-state index in [2.05, 4.69) is 27.7 Å². The number of rotatable bonds is 2. The number of para-hydroxylation sites is 1. The van der Waals surface area contributed by atoms with Crippen molar-refractivity contribution in [3.63, 3.8) is 0 Å². The molecule has 0 atom stereocenters. The molecular weight excluding hydrogens is 355 g/mol. The minimum Gasteiger partial charge on any atom is -0.476 e. The summed E-state index contributed by atoms with van der Waals surface area (Å²) in [5.74, 6) is -1.01. The Kier molecular flexibility index (Phi) is 2.98. The molecule has 0 amide bonds. The highest BCUT2D eigenvalue weighted by Gasteiger charge is 2.17. The third-order valence-electron chi connectivity index (χ3n) is 2.85. The number of carbonyl (C=O) groups is 1. The van der Waals surface area contributed by atoms with Crippen LogP contribution in [0.25, 0.3) is 16.6 Å².